The Hall–Kier alpha value is -2.43. The van der Waals surface area contributed by atoms with E-state index in [1.807, 2.05) is 0 Å². The van der Waals surface area contributed by atoms with E-state index in [2.05, 4.69) is 24.5 Å². The van der Waals surface area contributed by atoms with Gasteiger partial charge in [-0.2, -0.15) is 18.3 Å². The van der Waals surface area contributed by atoms with Crippen molar-refractivity contribution in [3.05, 3.63) is 34.5 Å². The van der Waals surface area contributed by atoms with Crippen LogP contribution < -0.4 is 4.74 Å². The fraction of sp³-hybridized carbons (Fsp3) is 0.556. The van der Waals surface area contributed by atoms with Crippen molar-refractivity contribution in [2.75, 3.05) is 19.7 Å². The van der Waals surface area contributed by atoms with Crippen LogP contribution in [0.4, 0.5) is 13.2 Å². The van der Waals surface area contributed by atoms with Gasteiger partial charge >= 0.3 is 6.18 Å². The molecule has 0 radical (unpaired) electrons. The van der Waals surface area contributed by atoms with Crippen molar-refractivity contribution in [1.82, 2.24) is 24.6 Å². The maximum atomic E-state index is 12.7. The first kappa shape index (κ1) is 19.9. The van der Waals surface area contributed by atoms with Gasteiger partial charge in [-0.3, -0.25) is 9.89 Å². The van der Waals surface area contributed by atoms with Crippen molar-refractivity contribution in [3.63, 3.8) is 0 Å². The number of nitrogens with one attached hydrogen (secondary N) is 1. The maximum absolute atomic E-state index is 12.7. The highest BCUT2D eigenvalue weighted by Crippen LogP contribution is 2.39. The molecule has 4 rings (SSSR count). The van der Waals surface area contributed by atoms with Crippen LogP contribution in [0.5, 0.6) is 5.88 Å². The summed E-state index contributed by atoms with van der Waals surface area (Å²) >= 11 is 5.34. The van der Waals surface area contributed by atoms with E-state index in [-0.39, 0.29) is 17.7 Å². The summed E-state index contributed by atoms with van der Waals surface area (Å²) < 4.78 is 43.9. The molecule has 156 valence electrons. The first-order chi connectivity index (χ1) is 13.8. The smallest absolute Gasteiger partial charge is 0.422 e. The van der Waals surface area contributed by atoms with E-state index in [1.54, 1.807) is 4.90 Å². The number of hydrogen-bond acceptors (Lipinski definition) is 5. The first-order valence-electron chi connectivity index (χ1n) is 9.43. The lowest BCUT2D eigenvalue weighted by atomic mass is 9.95. The molecular weight excluding hydrogens is 407 g/mol. The van der Waals surface area contributed by atoms with E-state index >= 15 is 0 Å². The van der Waals surface area contributed by atoms with Crippen LogP contribution >= 0.6 is 12.2 Å². The average molecular weight is 427 g/mol. The van der Waals surface area contributed by atoms with Crippen LogP contribution in [0.3, 0.4) is 0 Å². The Morgan fingerprint density at radius 3 is 2.55 bits per heavy atom. The Kier molecular flexibility index (Phi) is 5.32. The van der Waals surface area contributed by atoms with Gasteiger partial charge in [-0.05, 0) is 44.0 Å². The van der Waals surface area contributed by atoms with Crippen molar-refractivity contribution >= 4 is 18.1 Å². The van der Waals surface area contributed by atoms with Gasteiger partial charge in [0, 0.05) is 37.3 Å². The number of carbonyl (C=O) groups is 1. The highest BCUT2D eigenvalue weighted by molar-refractivity contribution is 7.71. The van der Waals surface area contributed by atoms with Gasteiger partial charge in [-0.25, -0.2) is 4.98 Å². The molecule has 0 atom stereocenters. The van der Waals surface area contributed by atoms with Crippen LogP contribution in [0.15, 0.2) is 18.3 Å². The number of likely N-dealkylation sites (tertiary alicyclic amines) is 1. The molecule has 0 bridgehead atoms. The minimum Gasteiger partial charge on any atom is -0.468 e. The molecule has 11 heteroatoms. The Morgan fingerprint density at radius 2 is 1.97 bits per heavy atom. The van der Waals surface area contributed by atoms with E-state index in [4.69, 9.17) is 12.2 Å². The van der Waals surface area contributed by atoms with E-state index in [1.165, 1.54) is 18.3 Å². The second-order valence-corrected chi connectivity index (χ2v) is 7.73. The van der Waals surface area contributed by atoms with Crippen molar-refractivity contribution in [2.45, 2.75) is 43.8 Å². The number of rotatable bonds is 5. The van der Waals surface area contributed by atoms with E-state index in [0.717, 1.165) is 31.5 Å². The van der Waals surface area contributed by atoms with Crippen LogP contribution in [0.2, 0.25) is 0 Å². The largest absolute Gasteiger partial charge is 0.468 e. The number of ether oxygens (including phenoxy) is 1. The minimum absolute atomic E-state index is 0.166. The molecule has 1 N–H and O–H groups in total. The van der Waals surface area contributed by atoms with Gasteiger partial charge in [0.1, 0.15) is 5.82 Å². The predicted octanol–water partition coefficient (Wildman–Crippen LogP) is 3.63. The first-order valence-corrected chi connectivity index (χ1v) is 9.84. The Balaban J connectivity index is 1.35. The number of carbonyl (C=O) groups excluding carboxylic acids is 1. The number of aromatic nitrogens is 4. The van der Waals surface area contributed by atoms with Crippen LogP contribution in [-0.2, 0) is 0 Å². The number of H-pyrrole nitrogens is 1. The standard InChI is InChI=1S/C18H20F3N5O2S/c19-18(20,21)10-28-14-4-1-12(9-22-14)16(27)25-7-5-11(6-8-25)15-23-24-17(29)26(15)13-2-3-13/h1,4,9,11,13H,2-3,5-8,10H2,(H,24,29). The molecule has 1 aliphatic heterocycles. The van der Waals surface area contributed by atoms with Gasteiger partial charge in [-0.15, -0.1) is 0 Å². The summed E-state index contributed by atoms with van der Waals surface area (Å²) in [5.41, 5.74) is 0.323. The highest BCUT2D eigenvalue weighted by atomic mass is 32.1. The number of aromatic amines is 1. The quantitative estimate of drug-likeness (QED) is 0.738. The third-order valence-corrected chi connectivity index (χ3v) is 5.45. The van der Waals surface area contributed by atoms with Crippen LogP contribution in [0, 0.1) is 4.77 Å². The second kappa shape index (κ2) is 7.77. The summed E-state index contributed by atoms with van der Waals surface area (Å²) in [6.07, 6.45) is 0.606. The predicted molar refractivity (Wildman–Crippen MR) is 99.3 cm³/mol. The normalized spacial score (nSPS) is 18.1. The topological polar surface area (TPSA) is 76.0 Å². The molecular formula is C18H20F3N5O2S. The zero-order chi connectivity index (χ0) is 20.6. The fourth-order valence-electron chi connectivity index (χ4n) is 3.56. The van der Waals surface area contributed by atoms with Crippen molar-refractivity contribution in [1.29, 1.82) is 0 Å². The lowest BCUT2D eigenvalue weighted by molar-refractivity contribution is -0.154. The summed E-state index contributed by atoms with van der Waals surface area (Å²) in [5, 5.41) is 7.30. The molecule has 2 aromatic rings. The molecule has 0 spiro atoms. The number of halogens is 3. The molecule has 29 heavy (non-hydrogen) atoms. The third-order valence-electron chi connectivity index (χ3n) is 5.16. The average Bonchev–Trinajstić information content (AvgIpc) is 3.47. The Morgan fingerprint density at radius 1 is 1.24 bits per heavy atom. The highest BCUT2D eigenvalue weighted by Gasteiger charge is 2.33. The summed E-state index contributed by atoms with van der Waals surface area (Å²) in [7, 11) is 0. The van der Waals surface area contributed by atoms with Crippen LogP contribution in [0.1, 0.15) is 53.8 Å². The third kappa shape index (κ3) is 4.60. The van der Waals surface area contributed by atoms with Gasteiger partial charge in [-0.1, -0.05) is 0 Å². The number of amides is 1. The summed E-state index contributed by atoms with van der Waals surface area (Å²) in [6.45, 7) is -0.277. The molecule has 2 aromatic heterocycles. The Labute approximate surface area is 169 Å². The van der Waals surface area contributed by atoms with E-state index < -0.39 is 12.8 Å². The molecule has 1 amide bonds. The molecule has 3 heterocycles. The van der Waals surface area contributed by atoms with E-state index in [9.17, 15) is 18.0 Å². The molecule has 7 nitrogen and oxygen atoms in total. The van der Waals surface area contributed by atoms with Crippen molar-refractivity contribution in [3.8, 4) is 5.88 Å². The zero-order valence-corrected chi connectivity index (χ0v) is 16.3. The molecule has 1 saturated heterocycles. The number of alkyl halides is 3. The van der Waals surface area contributed by atoms with Crippen LogP contribution in [0.25, 0.3) is 0 Å². The lowest BCUT2D eigenvalue weighted by Gasteiger charge is -2.31. The van der Waals surface area contributed by atoms with Gasteiger partial charge in [0.05, 0.1) is 5.56 Å². The molecule has 2 fully saturated rings. The SMILES string of the molecule is O=C(c1ccc(OCC(F)(F)F)nc1)N1CCC(c2n[nH]c(=S)n2C2CC2)CC1. The van der Waals surface area contributed by atoms with Crippen molar-refractivity contribution in [2.24, 2.45) is 0 Å². The summed E-state index contributed by atoms with van der Waals surface area (Å²) in [4.78, 5) is 18.2. The monoisotopic (exact) mass is 427 g/mol. The fourth-order valence-corrected chi connectivity index (χ4v) is 3.85. The second-order valence-electron chi connectivity index (χ2n) is 7.34. The molecule has 2 aliphatic rings. The maximum Gasteiger partial charge on any atom is 0.422 e. The minimum atomic E-state index is -4.43. The summed E-state index contributed by atoms with van der Waals surface area (Å²) in [6, 6.07) is 3.16. The Bertz CT molecular complexity index is 928. The van der Waals surface area contributed by atoms with Gasteiger partial charge in [0.25, 0.3) is 5.91 Å². The molecule has 1 aliphatic carbocycles. The van der Waals surface area contributed by atoms with E-state index in [0.29, 0.717) is 29.5 Å². The number of piperidine rings is 1. The zero-order valence-electron chi connectivity index (χ0n) is 15.5. The molecule has 1 saturated carbocycles. The number of hydrogen-bond donors (Lipinski definition) is 1. The molecule has 0 unspecified atom stereocenters. The van der Waals surface area contributed by atoms with Gasteiger partial charge in [0.15, 0.2) is 11.4 Å². The number of pyridine rings is 1. The summed E-state index contributed by atoms with van der Waals surface area (Å²) in [5.74, 6) is 0.848. The molecule has 0 aromatic carbocycles. The van der Waals surface area contributed by atoms with Crippen LogP contribution in [-0.4, -0.2) is 56.4 Å². The van der Waals surface area contributed by atoms with Gasteiger partial charge in [0.2, 0.25) is 5.88 Å². The van der Waals surface area contributed by atoms with Crippen molar-refractivity contribution < 1.29 is 22.7 Å². The van der Waals surface area contributed by atoms with Gasteiger partial charge < -0.3 is 14.2 Å². The number of nitrogens with zero attached hydrogens (tertiary/aromatic N) is 4. The lowest BCUT2D eigenvalue weighted by Crippen LogP contribution is -2.38.